The molecule has 0 spiro atoms. The molecule has 0 saturated heterocycles. The van der Waals surface area contributed by atoms with E-state index < -0.39 is 18.1 Å². The molecule has 1 unspecified atom stereocenters. The molecule has 0 heterocycles. The van der Waals surface area contributed by atoms with Gasteiger partial charge in [-0.15, -0.1) is 0 Å². The Morgan fingerprint density at radius 1 is 1.50 bits per heavy atom. The number of hydrogen-bond donors (Lipinski definition) is 0. The molecule has 0 N–H and O–H groups in total. The molecule has 5 heteroatoms. The van der Waals surface area contributed by atoms with E-state index in [4.69, 9.17) is 0 Å². The third-order valence-electron chi connectivity index (χ3n) is 1.29. The Morgan fingerprint density at radius 2 is 2.00 bits per heavy atom. The second-order valence-corrected chi connectivity index (χ2v) is 2.43. The summed E-state index contributed by atoms with van der Waals surface area (Å²) in [6, 6.07) is 0. The van der Waals surface area contributed by atoms with Crippen molar-refractivity contribution < 1.29 is 22.7 Å². The van der Waals surface area contributed by atoms with Crippen molar-refractivity contribution in [1.82, 2.24) is 0 Å². The maximum absolute atomic E-state index is 11.8. The fourth-order valence-electron chi connectivity index (χ4n) is 0.461. The zero-order valence-electron chi connectivity index (χ0n) is 6.94. The van der Waals surface area contributed by atoms with Gasteiger partial charge in [-0.25, -0.2) is 0 Å². The summed E-state index contributed by atoms with van der Waals surface area (Å²) in [5.74, 6) is -3.23. The summed E-state index contributed by atoms with van der Waals surface area (Å²) in [7, 11) is 0. The van der Waals surface area contributed by atoms with Crippen LogP contribution in [0.3, 0.4) is 0 Å². The van der Waals surface area contributed by atoms with E-state index in [1.807, 2.05) is 0 Å². The standard InChI is InChI=1S/C7H11F3O2/c1-3-4-12-6(11)5(2)7(8,9)10/h5H,3-4H2,1-2H3. The number of alkyl halides is 3. The van der Waals surface area contributed by atoms with Crippen LogP contribution in [0.1, 0.15) is 20.3 Å². The third-order valence-corrected chi connectivity index (χ3v) is 1.29. The zero-order chi connectivity index (χ0) is 9.78. The Bertz CT molecular complexity index is 153. The first kappa shape index (κ1) is 11.3. The van der Waals surface area contributed by atoms with Gasteiger partial charge in [0.05, 0.1) is 6.61 Å². The SMILES string of the molecule is CCCOC(=O)C(C)C(F)(F)F. The number of halogens is 3. The second kappa shape index (κ2) is 4.33. The molecule has 72 valence electrons. The first-order valence-corrected chi connectivity index (χ1v) is 3.63. The Morgan fingerprint density at radius 3 is 2.33 bits per heavy atom. The predicted octanol–water partition coefficient (Wildman–Crippen LogP) is 2.14. The average Bonchev–Trinajstić information content (AvgIpc) is 1.97. The van der Waals surface area contributed by atoms with E-state index in [0.717, 1.165) is 6.92 Å². The van der Waals surface area contributed by atoms with E-state index in [1.54, 1.807) is 6.92 Å². The molecular weight excluding hydrogens is 173 g/mol. The number of carbonyl (C=O) groups is 1. The fraction of sp³-hybridized carbons (Fsp3) is 0.857. The highest BCUT2D eigenvalue weighted by Gasteiger charge is 2.42. The van der Waals surface area contributed by atoms with Crippen LogP contribution in [0.5, 0.6) is 0 Å². The minimum Gasteiger partial charge on any atom is -0.465 e. The monoisotopic (exact) mass is 184 g/mol. The van der Waals surface area contributed by atoms with E-state index in [-0.39, 0.29) is 6.61 Å². The lowest BCUT2D eigenvalue weighted by molar-refractivity contribution is -0.194. The van der Waals surface area contributed by atoms with Crippen LogP contribution in [0.2, 0.25) is 0 Å². The van der Waals surface area contributed by atoms with Gasteiger partial charge in [0.15, 0.2) is 0 Å². The highest BCUT2D eigenvalue weighted by Crippen LogP contribution is 2.26. The highest BCUT2D eigenvalue weighted by atomic mass is 19.4. The normalized spacial score (nSPS) is 14.1. The van der Waals surface area contributed by atoms with Gasteiger partial charge in [-0.1, -0.05) is 6.92 Å². The van der Waals surface area contributed by atoms with Gasteiger partial charge in [-0.05, 0) is 13.3 Å². The van der Waals surface area contributed by atoms with Crippen LogP contribution in [0.15, 0.2) is 0 Å². The second-order valence-electron chi connectivity index (χ2n) is 2.43. The predicted molar refractivity (Wildman–Crippen MR) is 36.5 cm³/mol. The Hall–Kier alpha value is -0.740. The molecule has 0 amide bonds. The average molecular weight is 184 g/mol. The van der Waals surface area contributed by atoms with Crippen molar-refractivity contribution in [3.8, 4) is 0 Å². The molecule has 0 aromatic heterocycles. The summed E-state index contributed by atoms with van der Waals surface area (Å²) in [4.78, 5) is 10.6. The van der Waals surface area contributed by atoms with Crippen molar-refractivity contribution in [2.45, 2.75) is 26.4 Å². The van der Waals surface area contributed by atoms with Crippen LogP contribution in [-0.4, -0.2) is 18.8 Å². The number of hydrogen-bond acceptors (Lipinski definition) is 2. The molecule has 0 rings (SSSR count). The summed E-state index contributed by atoms with van der Waals surface area (Å²) in [5, 5.41) is 0. The van der Waals surface area contributed by atoms with E-state index in [0.29, 0.717) is 6.42 Å². The van der Waals surface area contributed by atoms with Crippen LogP contribution in [-0.2, 0) is 9.53 Å². The largest absolute Gasteiger partial charge is 0.465 e. The van der Waals surface area contributed by atoms with E-state index in [1.165, 1.54) is 0 Å². The molecule has 0 aliphatic carbocycles. The number of ether oxygens (including phenoxy) is 1. The van der Waals surface area contributed by atoms with Crippen molar-refractivity contribution in [1.29, 1.82) is 0 Å². The van der Waals surface area contributed by atoms with Gasteiger partial charge in [0.2, 0.25) is 0 Å². The number of rotatable bonds is 3. The lowest BCUT2D eigenvalue weighted by atomic mass is 10.2. The molecule has 0 saturated carbocycles. The summed E-state index contributed by atoms with van der Waals surface area (Å²) in [6.07, 6.45) is -3.97. The van der Waals surface area contributed by atoms with Crippen molar-refractivity contribution in [3.05, 3.63) is 0 Å². The van der Waals surface area contributed by atoms with E-state index >= 15 is 0 Å². The van der Waals surface area contributed by atoms with Gasteiger partial charge in [-0.3, -0.25) is 4.79 Å². The maximum atomic E-state index is 11.8. The van der Waals surface area contributed by atoms with Crippen LogP contribution in [0.4, 0.5) is 13.2 Å². The lowest BCUT2D eigenvalue weighted by Crippen LogP contribution is -2.29. The lowest BCUT2D eigenvalue weighted by Gasteiger charge is -2.13. The van der Waals surface area contributed by atoms with Gasteiger partial charge in [0, 0.05) is 0 Å². The molecule has 12 heavy (non-hydrogen) atoms. The Labute approximate surface area is 68.7 Å². The van der Waals surface area contributed by atoms with Crippen LogP contribution in [0, 0.1) is 5.92 Å². The number of esters is 1. The topological polar surface area (TPSA) is 26.3 Å². The highest BCUT2D eigenvalue weighted by molar-refractivity contribution is 5.72. The first-order valence-electron chi connectivity index (χ1n) is 3.63. The van der Waals surface area contributed by atoms with Crippen molar-refractivity contribution in [2.24, 2.45) is 5.92 Å². The Kier molecular flexibility index (Phi) is 4.06. The molecule has 0 aliphatic rings. The summed E-state index contributed by atoms with van der Waals surface area (Å²) in [6.45, 7) is 2.54. The van der Waals surface area contributed by atoms with E-state index in [9.17, 15) is 18.0 Å². The fourth-order valence-corrected chi connectivity index (χ4v) is 0.461. The van der Waals surface area contributed by atoms with Crippen LogP contribution >= 0.6 is 0 Å². The van der Waals surface area contributed by atoms with Crippen molar-refractivity contribution in [3.63, 3.8) is 0 Å². The Balaban J connectivity index is 3.94. The van der Waals surface area contributed by atoms with Gasteiger partial charge in [-0.2, -0.15) is 13.2 Å². The van der Waals surface area contributed by atoms with Gasteiger partial charge >= 0.3 is 12.1 Å². The van der Waals surface area contributed by atoms with Gasteiger partial charge < -0.3 is 4.74 Å². The van der Waals surface area contributed by atoms with Crippen molar-refractivity contribution >= 4 is 5.97 Å². The minimum absolute atomic E-state index is 0.0409. The quantitative estimate of drug-likeness (QED) is 0.628. The molecule has 2 nitrogen and oxygen atoms in total. The summed E-state index contributed by atoms with van der Waals surface area (Å²) < 4.78 is 39.8. The van der Waals surface area contributed by atoms with E-state index in [2.05, 4.69) is 4.74 Å². The molecule has 0 radical (unpaired) electrons. The maximum Gasteiger partial charge on any atom is 0.401 e. The first-order chi connectivity index (χ1) is 5.39. The third kappa shape index (κ3) is 3.59. The van der Waals surface area contributed by atoms with Crippen LogP contribution < -0.4 is 0 Å². The molecule has 0 aliphatic heterocycles. The van der Waals surface area contributed by atoms with Crippen LogP contribution in [0.25, 0.3) is 0 Å². The zero-order valence-corrected chi connectivity index (χ0v) is 6.94. The number of carbonyl (C=O) groups excluding carboxylic acids is 1. The molecule has 1 atom stereocenters. The van der Waals surface area contributed by atoms with Crippen molar-refractivity contribution in [2.75, 3.05) is 6.61 Å². The molecule has 0 fully saturated rings. The smallest absolute Gasteiger partial charge is 0.401 e. The summed E-state index contributed by atoms with van der Waals surface area (Å²) >= 11 is 0. The summed E-state index contributed by atoms with van der Waals surface area (Å²) in [5.41, 5.74) is 0. The molecular formula is C7H11F3O2. The molecule has 0 aromatic carbocycles. The molecule has 0 bridgehead atoms. The minimum atomic E-state index is -4.50. The van der Waals surface area contributed by atoms with Gasteiger partial charge in [0.1, 0.15) is 5.92 Å². The van der Waals surface area contributed by atoms with Gasteiger partial charge in [0.25, 0.3) is 0 Å². The molecule has 0 aromatic rings.